The summed E-state index contributed by atoms with van der Waals surface area (Å²) >= 11 is 5.98. The van der Waals surface area contributed by atoms with Crippen LogP contribution in [0.2, 0.25) is 5.02 Å². The number of amides is 2. The van der Waals surface area contributed by atoms with Gasteiger partial charge in [-0.15, -0.1) is 0 Å². The van der Waals surface area contributed by atoms with Crippen LogP contribution in [0.25, 0.3) is 0 Å². The van der Waals surface area contributed by atoms with Crippen LogP contribution in [0.15, 0.2) is 77.7 Å². The second-order valence-electron chi connectivity index (χ2n) is 7.78. The lowest BCUT2D eigenvalue weighted by molar-refractivity contribution is -0.117. The molecule has 0 radical (unpaired) electrons. The summed E-state index contributed by atoms with van der Waals surface area (Å²) in [6.45, 7) is 0. The van der Waals surface area contributed by atoms with E-state index in [9.17, 15) is 18.0 Å². The predicted octanol–water partition coefficient (Wildman–Crippen LogP) is 4.77. The largest absolute Gasteiger partial charge is 0.326 e. The zero-order chi connectivity index (χ0) is 23.6. The maximum absolute atomic E-state index is 13.1. The maximum atomic E-state index is 13.1. The van der Waals surface area contributed by atoms with E-state index in [-0.39, 0.29) is 22.3 Å². The molecule has 0 heterocycles. The van der Waals surface area contributed by atoms with E-state index in [4.69, 9.17) is 11.6 Å². The SMILES string of the molecule is CN(c1cccc(Cl)c1)S(=O)(=O)c1cccc(C(=O)Nc2ccc(NC(=O)C3CC3)cc2)c1. The van der Waals surface area contributed by atoms with E-state index in [1.54, 1.807) is 48.5 Å². The van der Waals surface area contributed by atoms with Crippen molar-refractivity contribution >= 4 is 50.5 Å². The number of carbonyl (C=O) groups is 2. The van der Waals surface area contributed by atoms with E-state index in [1.165, 1.54) is 31.3 Å². The number of hydrogen-bond acceptors (Lipinski definition) is 4. The molecule has 1 aliphatic rings. The zero-order valence-electron chi connectivity index (χ0n) is 17.8. The minimum Gasteiger partial charge on any atom is -0.326 e. The molecule has 33 heavy (non-hydrogen) atoms. The van der Waals surface area contributed by atoms with Gasteiger partial charge < -0.3 is 10.6 Å². The average Bonchev–Trinajstić information content (AvgIpc) is 3.65. The number of hydrogen-bond donors (Lipinski definition) is 2. The molecule has 3 aromatic carbocycles. The first-order valence-electron chi connectivity index (χ1n) is 10.3. The Hall–Kier alpha value is -3.36. The summed E-state index contributed by atoms with van der Waals surface area (Å²) in [5.74, 6) is -0.342. The predicted molar refractivity (Wildman–Crippen MR) is 129 cm³/mol. The molecule has 7 nitrogen and oxygen atoms in total. The summed E-state index contributed by atoms with van der Waals surface area (Å²) in [6.07, 6.45) is 1.84. The van der Waals surface area contributed by atoms with Gasteiger partial charge in [0.1, 0.15) is 0 Å². The first kappa shape index (κ1) is 22.8. The highest BCUT2D eigenvalue weighted by Crippen LogP contribution is 2.30. The van der Waals surface area contributed by atoms with E-state index in [1.807, 2.05) is 0 Å². The molecule has 0 saturated heterocycles. The van der Waals surface area contributed by atoms with Gasteiger partial charge in [0.05, 0.1) is 10.6 Å². The molecule has 4 rings (SSSR count). The Kier molecular flexibility index (Phi) is 6.40. The first-order valence-corrected chi connectivity index (χ1v) is 12.1. The molecular formula is C24H22ClN3O4S. The molecule has 170 valence electrons. The van der Waals surface area contributed by atoms with Crippen molar-refractivity contribution in [3.8, 4) is 0 Å². The summed E-state index contributed by atoms with van der Waals surface area (Å²) in [5, 5.41) is 6.00. The fourth-order valence-electron chi connectivity index (χ4n) is 3.20. The van der Waals surface area contributed by atoms with Crippen LogP contribution in [0.3, 0.4) is 0 Å². The smallest absolute Gasteiger partial charge is 0.264 e. The van der Waals surface area contributed by atoms with E-state index >= 15 is 0 Å². The van der Waals surface area contributed by atoms with Gasteiger partial charge in [-0.05, 0) is 73.5 Å². The number of rotatable bonds is 7. The molecule has 0 unspecified atom stereocenters. The minimum atomic E-state index is -3.90. The third-order valence-electron chi connectivity index (χ3n) is 5.28. The van der Waals surface area contributed by atoms with Gasteiger partial charge in [-0.25, -0.2) is 8.42 Å². The van der Waals surface area contributed by atoms with Crippen molar-refractivity contribution in [2.45, 2.75) is 17.7 Å². The van der Waals surface area contributed by atoms with Crippen LogP contribution < -0.4 is 14.9 Å². The Balaban J connectivity index is 1.47. The number of benzene rings is 3. The number of sulfonamides is 1. The summed E-state index contributed by atoms with van der Waals surface area (Å²) in [4.78, 5) is 24.6. The molecule has 2 amide bonds. The fourth-order valence-corrected chi connectivity index (χ4v) is 4.61. The van der Waals surface area contributed by atoms with Gasteiger partial charge in [0.2, 0.25) is 5.91 Å². The molecule has 0 aliphatic heterocycles. The molecular weight excluding hydrogens is 462 g/mol. The Morgan fingerprint density at radius 1 is 0.909 bits per heavy atom. The van der Waals surface area contributed by atoms with Gasteiger partial charge in [0, 0.05) is 34.9 Å². The van der Waals surface area contributed by atoms with Crippen molar-refractivity contribution in [2.75, 3.05) is 22.0 Å². The molecule has 1 saturated carbocycles. The van der Waals surface area contributed by atoms with Gasteiger partial charge in [0.15, 0.2) is 0 Å². The lowest BCUT2D eigenvalue weighted by Crippen LogP contribution is -2.26. The maximum Gasteiger partial charge on any atom is 0.264 e. The van der Waals surface area contributed by atoms with Crippen molar-refractivity contribution in [2.24, 2.45) is 5.92 Å². The Labute approximate surface area is 197 Å². The van der Waals surface area contributed by atoms with Gasteiger partial charge in [-0.3, -0.25) is 13.9 Å². The highest BCUT2D eigenvalue weighted by atomic mass is 35.5. The van der Waals surface area contributed by atoms with Crippen molar-refractivity contribution in [1.82, 2.24) is 0 Å². The number of anilines is 3. The normalized spacial score (nSPS) is 13.3. The van der Waals surface area contributed by atoms with Gasteiger partial charge in [-0.1, -0.05) is 23.7 Å². The highest BCUT2D eigenvalue weighted by molar-refractivity contribution is 7.92. The second kappa shape index (κ2) is 9.25. The number of carbonyl (C=O) groups excluding carboxylic acids is 2. The molecule has 0 atom stereocenters. The summed E-state index contributed by atoms with van der Waals surface area (Å²) in [6, 6.07) is 19.1. The quantitative estimate of drug-likeness (QED) is 0.506. The summed E-state index contributed by atoms with van der Waals surface area (Å²) < 4.78 is 27.3. The Bertz CT molecular complexity index is 1310. The minimum absolute atomic E-state index is 0.00699. The van der Waals surface area contributed by atoms with Crippen LogP contribution in [0.1, 0.15) is 23.2 Å². The van der Waals surface area contributed by atoms with Crippen LogP contribution in [-0.4, -0.2) is 27.3 Å². The summed E-state index contributed by atoms with van der Waals surface area (Å²) in [5.41, 5.74) is 1.78. The lowest BCUT2D eigenvalue weighted by atomic mass is 10.2. The van der Waals surface area contributed by atoms with E-state index in [0.29, 0.717) is 22.1 Å². The molecule has 2 N–H and O–H groups in total. The molecule has 1 fully saturated rings. The van der Waals surface area contributed by atoms with Crippen LogP contribution >= 0.6 is 11.6 Å². The molecule has 0 aromatic heterocycles. The third-order valence-corrected chi connectivity index (χ3v) is 7.30. The average molecular weight is 484 g/mol. The van der Waals surface area contributed by atoms with Gasteiger partial charge in [-0.2, -0.15) is 0 Å². The zero-order valence-corrected chi connectivity index (χ0v) is 19.4. The van der Waals surface area contributed by atoms with Gasteiger partial charge in [0.25, 0.3) is 15.9 Å². The molecule has 0 bridgehead atoms. The van der Waals surface area contributed by atoms with Crippen LogP contribution in [0, 0.1) is 5.92 Å². The van der Waals surface area contributed by atoms with E-state index in [0.717, 1.165) is 17.1 Å². The number of halogens is 1. The number of nitrogens with one attached hydrogen (secondary N) is 2. The highest BCUT2D eigenvalue weighted by Gasteiger charge is 2.29. The van der Waals surface area contributed by atoms with E-state index in [2.05, 4.69) is 10.6 Å². The molecule has 1 aliphatic carbocycles. The monoisotopic (exact) mass is 483 g/mol. The van der Waals surface area contributed by atoms with Crippen molar-refractivity contribution in [3.05, 3.63) is 83.4 Å². The van der Waals surface area contributed by atoms with Crippen molar-refractivity contribution < 1.29 is 18.0 Å². The van der Waals surface area contributed by atoms with Gasteiger partial charge >= 0.3 is 0 Å². The fraction of sp³-hybridized carbons (Fsp3) is 0.167. The van der Waals surface area contributed by atoms with E-state index < -0.39 is 15.9 Å². The van der Waals surface area contributed by atoms with Crippen molar-refractivity contribution in [3.63, 3.8) is 0 Å². The first-order chi connectivity index (χ1) is 15.7. The molecule has 0 spiro atoms. The Morgan fingerprint density at radius 2 is 1.55 bits per heavy atom. The lowest BCUT2D eigenvalue weighted by Gasteiger charge is -2.20. The van der Waals surface area contributed by atoms with Crippen molar-refractivity contribution in [1.29, 1.82) is 0 Å². The summed E-state index contributed by atoms with van der Waals surface area (Å²) in [7, 11) is -2.47. The standard InChI is InChI=1S/C24H22ClN3O4S/c1-28(21-6-3-5-18(25)15-21)33(31,32)22-7-2-4-17(14-22)24(30)27-20-12-10-19(11-13-20)26-23(29)16-8-9-16/h2-7,10-16H,8-9H2,1H3,(H,26,29)(H,27,30). The second-order valence-corrected chi connectivity index (χ2v) is 10.2. The molecule has 9 heteroatoms. The van der Waals surface area contributed by atoms with Crippen LogP contribution in [0.5, 0.6) is 0 Å². The van der Waals surface area contributed by atoms with Crippen LogP contribution in [-0.2, 0) is 14.8 Å². The topological polar surface area (TPSA) is 95.6 Å². The Morgan fingerprint density at radius 3 is 2.18 bits per heavy atom. The van der Waals surface area contributed by atoms with Crippen LogP contribution in [0.4, 0.5) is 17.1 Å². The molecule has 3 aromatic rings. The number of nitrogens with zero attached hydrogens (tertiary/aromatic N) is 1. The third kappa shape index (κ3) is 5.35.